The van der Waals surface area contributed by atoms with Gasteiger partial charge in [0.1, 0.15) is 11.5 Å². The first-order chi connectivity index (χ1) is 22.4. The van der Waals surface area contributed by atoms with Crippen LogP contribution in [0.25, 0.3) is 0 Å². The van der Waals surface area contributed by atoms with Gasteiger partial charge in [-0.3, -0.25) is 4.18 Å². The Hall–Kier alpha value is -1.48. The first-order valence-corrected chi connectivity index (χ1v) is 20.1. The lowest BCUT2D eigenvalue weighted by molar-refractivity contribution is -0.126. The van der Waals surface area contributed by atoms with Crippen LogP contribution in [0.2, 0.25) is 0 Å². The molecule has 4 aliphatic carbocycles. The summed E-state index contributed by atoms with van der Waals surface area (Å²) < 4.78 is 48.8. The molecule has 0 spiro atoms. The minimum absolute atomic E-state index is 0.0000832. The van der Waals surface area contributed by atoms with Gasteiger partial charge in [-0.25, -0.2) is 4.79 Å². The first kappa shape index (κ1) is 36.8. The van der Waals surface area contributed by atoms with Gasteiger partial charge in [0.25, 0.3) is 10.1 Å². The van der Waals surface area contributed by atoms with Crippen LogP contribution in [0.4, 0.5) is 0 Å². The number of carbonyl (C=O) groups is 1. The Kier molecular flexibility index (Phi) is 12.2. The van der Waals surface area contributed by atoms with Crippen molar-refractivity contribution < 1.29 is 31.6 Å². The van der Waals surface area contributed by atoms with E-state index in [1.807, 2.05) is 0 Å². The first-order valence-electron chi connectivity index (χ1n) is 18.7. The van der Waals surface area contributed by atoms with E-state index in [1.165, 1.54) is 63.5 Å². The largest absolute Gasteiger partial charge is 0.460 e. The molecule has 0 N–H and O–H groups in total. The summed E-state index contributed by atoms with van der Waals surface area (Å²) in [5, 5.41) is 0. The van der Waals surface area contributed by atoms with Crippen LogP contribution in [0.15, 0.2) is 29.2 Å². The van der Waals surface area contributed by atoms with E-state index in [0.717, 1.165) is 61.2 Å². The molecule has 5 rings (SSSR count). The van der Waals surface area contributed by atoms with Gasteiger partial charge < -0.3 is 14.2 Å². The lowest BCUT2D eigenvalue weighted by atomic mass is 9.44. The van der Waals surface area contributed by atoms with Gasteiger partial charge in [-0.15, -0.1) is 0 Å². The molecule has 8 heteroatoms. The van der Waals surface area contributed by atoms with Gasteiger partial charge in [0.15, 0.2) is 0 Å². The number of fused-ring (bicyclic) bond motifs is 5. The van der Waals surface area contributed by atoms with E-state index in [1.54, 1.807) is 19.2 Å². The molecule has 1 aromatic rings. The quantitative estimate of drug-likeness (QED) is 0.104. The van der Waals surface area contributed by atoms with Crippen LogP contribution in [0.1, 0.15) is 122 Å². The number of hydrogen-bond donors (Lipinski definition) is 0. The molecule has 0 aromatic heterocycles. The van der Waals surface area contributed by atoms with Gasteiger partial charge in [0.05, 0.1) is 31.5 Å². The number of benzene rings is 1. The molecule has 266 valence electrons. The molecule has 0 bridgehead atoms. The molecular weight excluding hydrogens is 612 g/mol. The molecule has 4 fully saturated rings. The molecule has 0 saturated heterocycles. The molecule has 7 nitrogen and oxygen atoms in total. The Morgan fingerprint density at radius 2 is 1.60 bits per heavy atom. The fourth-order valence-electron chi connectivity index (χ4n) is 10.9. The highest BCUT2D eigenvalue weighted by Gasteiger charge is 2.60. The minimum atomic E-state index is -4.15. The van der Waals surface area contributed by atoms with E-state index < -0.39 is 16.1 Å². The molecule has 1 aromatic carbocycles. The van der Waals surface area contributed by atoms with Gasteiger partial charge in [0, 0.05) is 7.11 Å². The number of rotatable bonds is 15. The summed E-state index contributed by atoms with van der Waals surface area (Å²) in [4.78, 5) is 12.7. The Morgan fingerprint density at radius 3 is 2.36 bits per heavy atom. The van der Waals surface area contributed by atoms with Crippen molar-refractivity contribution in [3.05, 3.63) is 29.8 Å². The van der Waals surface area contributed by atoms with E-state index in [-0.39, 0.29) is 35.2 Å². The number of carbonyl (C=O) groups excluding carboxylic acids is 1. The van der Waals surface area contributed by atoms with Crippen LogP contribution in [-0.2, 0) is 28.5 Å². The average molecular weight is 675 g/mol. The highest BCUT2D eigenvalue weighted by atomic mass is 32.2. The van der Waals surface area contributed by atoms with Gasteiger partial charge in [-0.05, 0) is 122 Å². The van der Waals surface area contributed by atoms with Crippen molar-refractivity contribution in [2.45, 2.75) is 123 Å². The van der Waals surface area contributed by atoms with Gasteiger partial charge in [-0.2, -0.15) is 8.42 Å². The van der Waals surface area contributed by atoms with E-state index >= 15 is 0 Å². The summed E-state index contributed by atoms with van der Waals surface area (Å²) in [6.07, 6.45) is 14.1. The highest BCUT2D eigenvalue weighted by Crippen LogP contribution is 2.68. The Bertz CT molecular complexity index is 1300. The number of ether oxygens (including phenoxy) is 3. The van der Waals surface area contributed by atoms with Crippen molar-refractivity contribution in [3.8, 4) is 0 Å². The zero-order valence-electron chi connectivity index (χ0n) is 30.0. The summed E-state index contributed by atoms with van der Waals surface area (Å²) >= 11 is 0. The molecule has 0 aliphatic heterocycles. The topological polar surface area (TPSA) is 88.1 Å². The van der Waals surface area contributed by atoms with Crippen molar-refractivity contribution in [1.82, 2.24) is 0 Å². The second-order valence-electron chi connectivity index (χ2n) is 16.4. The van der Waals surface area contributed by atoms with E-state index in [9.17, 15) is 13.2 Å². The molecule has 0 amide bonds. The van der Waals surface area contributed by atoms with Crippen molar-refractivity contribution in [1.29, 1.82) is 0 Å². The zero-order valence-corrected chi connectivity index (χ0v) is 30.8. The van der Waals surface area contributed by atoms with E-state index in [0.29, 0.717) is 24.5 Å². The molecule has 4 saturated carbocycles. The Balaban J connectivity index is 1.19. The van der Waals surface area contributed by atoms with Gasteiger partial charge in [-0.1, -0.05) is 66.0 Å². The van der Waals surface area contributed by atoms with Crippen LogP contribution in [0, 0.1) is 52.3 Å². The Labute approximate surface area is 285 Å². The summed E-state index contributed by atoms with van der Waals surface area (Å²) in [6.45, 7) is 13.5. The maximum atomic E-state index is 13.6. The van der Waals surface area contributed by atoms with Crippen molar-refractivity contribution in [2.24, 2.45) is 52.3 Å². The smallest absolute Gasteiger partial charge is 0.339 e. The second kappa shape index (κ2) is 15.6. The SMILES string of the molecule is COCCOCCOC(=O)c1ccccc1S(=O)(=O)O[C@H]1CC[C@@]2(C)C(CC[C@H]3[C@@H]4CC[C@H]([C@H](C)CCCC(C)C)[C@@]4(C)CC[C@@H]32)C1. The molecule has 0 radical (unpaired) electrons. The molecule has 47 heavy (non-hydrogen) atoms. The standard InChI is InChI=1S/C39H62O7S/c1-27(2)10-9-11-28(3)33-16-17-34-31-15-14-29-26-30(18-20-38(29,4)35(31)19-21-39(33,34)5)46-47(41,42)36-13-8-7-12-32(36)37(40)45-25-24-44-23-22-43-6/h7-8,12-13,27-31,33-35H,9-11,14-26H2,1-6H3/t28-,29?,30+,31+,33-,34+,35+,38+,39-/m1/s1. The molecule has 9 atom stereocenters. The third-order valence-electron chi connectivity index (χ3n) is 13.4. The number of esters is 1. The van der Waals surface area contributed by atoms with Crippen molar-refractivity contribution >= 4 is 16.1 Å². The van der Waals surface area contributed by atoms with Crippen LogP contribution < -0.4 is 0 Å². The van der Waals surface area contributed by atoms with Crippen LogP contribution in [-0.4, -0.2) is 54.0 Å². The maximum absolute atomic E-state index is 13.6. The van der Waals surface area contributed by atoms with E-state index in [4.69, 9.17) is 18.4 Å². The van der Waals surface area contributed by atoms with Crippen LogP contribution >= 0.6 is 0 Å². The van der Waals surface area contributed by atoms with Crippen LogP contribution in [0.3, 0.4) is 0 Å². The molecule has 0 heterocycles. The van der Waals surface area contributed by atoms with Crippen molar-refractivity contribution in [3.63, 3.8) is 0 Å². The number of hydrogen-bond acceptors (Lipinski definition) is 7. The lowest BCUT2D eigenvalue weighted by Crippen LogP contribution is -2.54. The third-order valence-corrected chi connectivity index (χ3v) is 14.8. The lowest BCUT2D eigenvalue weighted by Gasteiger charge is -2.61. The normalized spacial score (nSPS) is 34.4. The maximum Gasteiger partial charge on any atom is 0.339 e. The monoisotopic (exact) mass is 674 g/mol. The summed E-state index contributed by atoms with van der Waals surface area (Å²) in [7, 11) is -2.57. The summed E-state index contributed by atoms with van der Waals surface area (Å²) in [5.41, 5.74) is 0.712. The van der Waals surface area contributed by atoms with Gasteiger partial charge >= 0.3 is 5.97 Å². The fourth-order valence-corrected chi connectivity index (χ4v) is 12.2. The summed E-state index contributed by atoms with van der Waals surface area (Å²) in [6, 6.07) is 6.19. The molecule has 1 unspecified atom stereocenters. The average Bonchev–Trinajstić information content (AvgIpc) is 3.40. The van der Waals surface area contributed by atoms with E-state index in [2.05, 4.69) is 34.6 Å². The highest BCUT2D eigenvalue weighted by molar-refractivity contribution is 7.86. The summed E-state index contributed by atoms with van der Waals surface area (Å²) in [5.74, 6) is 4.59. The molecular formula is C39H62O7S. The predicted octanol–water partition coefficient (Wildman–Crippen LogP) is 8.70. The fraction of sp³-hybridized carbons (Fsp3) is 0.821. The van der Waals surface area contributed by atoms with Crippen molar-refractivity contribution in [2.75, 3.05) is 33.5 Å². The minimum Gasteiger partial charge on any atom is -0.460 e. The Morgan fingerprint density at radius 1 is 0.872 bits per heavy atom. The van der Waals surface area contributed by atoms with Crippen LogP contribution in [0.5, 0.6) is 0 Å². The molecule has 4 aliphatic rings. The second-order valence-corrected chi connectivity index (χ2v) is 17.9. The third kappa shape index (κ3) is 7.97. The number of methoxy groups -OCH3 is 1. The predicted molar refractivity (Wildman–Crippen MR) is 185 cm³/mol. The van der Waals surface area contributed by atoms with Gasteiger partial charge in [0.2, 0.25) is 0 Å². The zero-order chi connectivity index (χ0) is 33.8.